The van der Waals surface area contributed by atoms with Crippen molar-refractivity contribution in [2.45, 2.75) is 83.0 Å². The van der Waals surface area contributed by atoms with Crippen molar-refractivity contribution < 1.29 is 14.1 Å². The Hall–Kier alpha value is -1.53. The van der Waals surface area contributed by atoms with E-state index < -0.39 is 21.7 Å². The molecule has 1 atom stereocenters. The number of carbonyl (C=O) groups excluding carboxylic acids is 1. The lowest BCUT2D eigenvalue weighted by Gasteiger charge is -2.44. The predicted molar refractivity (Wildman–Crippen MR) is 121 cm³/mol. The van der Waals surface area contributed by atoms with Crippen LogP contribution in [0.4, 0.5) is 4.79 Å². The van der Waals surface area contributed by atoms with Gasteiger partial charge in [0.15, 0.2) is 0 Å². The molecule has 1 saturated carbocycles. The van der Waals surface area contributed by atoms with E-state index in [1.165, 1.54) is 11.1 Å². The van der Waals surface area contributed by atoms with Crippen LogP contribution in [0.2, 0.25) is 0 Å². The van der Waals surface area contributed by atoms with Gasteiger partial charge in [0.25, 0.3) is 0 Å². The second kappa shape index (κ2) is 6.99. The fourth-order valence-electron chi connectivity index (χ4n) is 5.19. The van der Waals surface area contributed by atoms with Gasteiger partial charge in [-0.25, -0.2) is 4.79 Å². The van der Waals surface area contributed by atoms with E-state index in [4.69, 9.17) is 9.13 Å². The van der Waals surface area contributed by atoms with Crippen LogP contribution in [0.25, 0.3) is 0 Å². The van der Waals surface area contributed by atoms with Gasteiger partial charge >= 0.3 is 6.09 Å². The minimum atomic E-state index is -1.32. The molecule has 6 heteroatoms. The maximum absolute atomic E-state index is 13.1. The van der Waals surface area contributed by atoms with Crippen LogP contribution in [0.15, 0.2) is 28.7 Å². The molecule has 164 valence electrons. The highest BCUT2D eigenvalue weighted by Crippen LogP contribution is 2.69. The predicted octanol–water partition coefficient (Wildman–Crippen LogP) is 5.00. The minimum Gasteiger partial charge on any atom is -0.591 e. The molecule has 1 aromatic carbocycles. The molecule has 3 aliphatic rings. The number of rotatable bonds is 1. The standard InChI is InChI=1S/C24H34N2O3S/c1-21(2,3)29-20(27)26-15-13-24(14-16-26)19(25-30(28)22(4,5)6)17-9-7-8-10-18(17)23(24)11-12-23/h7-10H,11-16H2,1-6H3. The summed E-state index contributed by atoms with van der Waals surface area (Å²) in [6.45, 7) is 12.9. The van der Waals surface area contributed by atoms with Gasteiger partial charge in [-0.1, -0.05) is 28.7 Å². The van der Waals surface area contributed by atoms with Gasteiger partial charge in [0.2, 0.25) is 0 Å². The van der Waals surface area contributed by atoms with Gasteiger partial charge in [-0.3, -0.25) is 0 Å². The average Bonchev–Trinajstić information content (AvgIpc) is 3.43. The van der Waals surface area contributed by atoms with E-state index in [9.17, 15) is 9.35 Å². The zero-order chi connectivity index (χ0) is 21.9. The molecule has 1 saturated heterocycles. The number of ether oxygens (including phenoxy) is 1. The molecular formula is C24H34N2O3S. The van der Waals surface area contributed by atoms with Crippen molar-refractivity contribution in [1.82, 2.24) is 4.90 Å². The third-order valence-corrected chi connectivity index (χ3v) is 8.18. The lowest BCUT2D eigenvalue weighted by atomic mass is 9.66. The SMILES string of the molecule is CC(C)(C)OC(=O)N1CCC2(CC1)C(=N[S+]([O-])C(C)(C)C)c1ccccc1C21CC1. The van der Waals surface area contributed by atoms with Crippen LogP contribution in [0.1, 0.15) is 78.4 Å². The summed E-state index contributed by atoms with van der Waals surface area (Å²) < 4.78 is 23.1. The van der Waals surface area contributed by atoms with Crippen molar-refractivity contribution in [2.24, 2.45) is 9.81 Å². The van der Waals surface area contributed by atoms with Crippen LogP contribution in [0.3, 0.4) is 0 Å². The molecule has 2 aliphatic carbocycles. The van der Waals surface area contributed by atoms with Crippen molar-refractivity contribution in [3.8, 4) is 0 Å². The fraction of sp³-hybridized carbons (Fsp3) is 0.667. The molecule has 2 fully saturated rings. The molecule has 4 rings (SSSR count). The van der Waals surface area contributed by atoms with E-state index in [1.54, 1.807) is 0 Å². The number of benzene rings is 1. The number of fused-ring (bicyclic) bond motifs is 3. The lowest BCUT2D eigenvalue weighted by molar-refractivity contribution is 0.0134. The number of piperidine rings is 1. The van der Waals surface area contributed by atoms with Crippen LogP contribution < -0.4 is 0 Å². The van der Waals surface area contributed by atoms with Crippen LogP contribution in [0, 0.1) is 5.41 Å². The Bertz CT molecular complexity index is 869. The van der Waals surface area contributed by atoms with Crippen molar-refractivity contribution in [2.75, 3.05) is 13.1 Å². The molecule has 1 unspecified atom stereocenters. The van der Waals surface area contributed by atoms with E-state index in [2.05, 4.69) is 24.3 Å². The Labute approximate surface area is 183 Å². The topological polar surface area (TPSA) is 65.0 Å². The monoisotopic (exact) mass is 430 g/mol. The molecule has 0 aromatic heterocycles. The number of carbonyl (C=O) groups is 1. The van der Waals surface area contributed by atoms with Gasteiger partial charge in [-0.05, 0) is 72.8 Å². The highest BCUT2D eigenvalue weighted by Gasteiger charge is 2.68. The Morgan fingerprint density at radius 2 is 1.63 bits per heavy atom. The third-order valence-electron chi connectivity index (χ3n) is 6.78. The summed E-state index contributed by atoms with van der Waals surface area (Å²) in [5, 5.41) is 0. The highest BCUT2D eigenvalue weighted by atomic mass is 32.2. The number of likely N-dealkylation sites (tertiary alicyclic amines) is 1. The second-order valence-corrected chi connectivity index (χ2v) is 12.9. The summed E-state index contributed by atoms with van der Waals surface area (Å²) in [5.74, 6) is 0. The molecule has 0 bridgehead atoms. The van der Waals surface area contributed by atoms with Gasteiger partial charge in [-0.2, -0.15) is 0 Å². The molecule has 1 aliphatic heterocycles. The zero-order valence-electron chi connectivity index (χ0n) is 19.1. The summed E-state index contributed by atoms with van der Waals surface area (Å²) in [6.07, 6.45) is 3.70. The Kier molecular flexibility index (Phi) is 5.06. The van der Waals surface area contributed by atoms with Crippen molar-refractivity contribution in [3.63, 3.8) is 0 Å². The van der Waals surface area contributed by atoms with Gasteiger partial charge < -0.3 is 14.2 Å². The van der Waals surface area contributed by atoms with Gasteiger partial charge in [-0.15, -0.1) is 0 Å². The third kappa shape index (κ3) is 3.46. The lowest BCUT2D eigenvalue weighted by Crippen LogP contribution is -2.50. The van der Waals surface area contributed by atoms with Crippen molar-refractivity contribution in [3.05, 3.63) is 35.4 Å². The van der Waals surface area contributed by atoms with Gasteiger partial charge in [0.1, 0.15) is 27.4 Å². The van der Waals surface area contributed by atoms with Gasteiger partial charge in [0, 0.05) is 29.5 Å². The Balaban J connectivity index is 1.68. The molecule has 1 amide bonds. The first kappa shape index (κ1) is 21.7. The molecule has 30 heavy (non-hydrogen) atoms. The van der Waals surface area contributed by atoms with Crippen LogP contribution in [-0.4, -0.2) is 44.7 Å². The number of hydrogen-bond donors (Lipinski definition) is 0. The normalized spacial score (nSPS) is 24.2. The largest absolute Gasteiger partial charge is 0.591 e. The Morgan fingerprint density at radius 3 is 2.17 bits per heavy atom. The maximum atomic E-state index is 13.1. The van der Waals surface area contributed by atoms with Crippen molar-refractivity contribution in [1.29, 1.82) is 0 Å². The molecule has 0 radical (unpaired) electrons. The molecule has 1 aromatic rings. The quantitative estimate of drug-likeness (QED) is 0.589. The average molecular weight is 431 g/mol. The van der Waals surface area contributed by atoms with Crippen molar-refractivity contribution >= 4 is 23.2 Å². The first-order chi connectivity index (χ1) is 13.9. The number of amides is 1. The van der Waals surface area contributed by atoms with E-state index in [-0.39, 0.29) is 16.9 Å². The molecule has 5 nitrogen and oxygen atoms in total. The van der Waals surface area contributed by atoms with Crippen LogP contribution in [-0.2, 0) is 21.5 Å². The molecular weight excluding hydrogens is 396 g/mol. The number of hydrogen-bond acceptors (Lipinski definition) is 4. The molecule has 0 N–H and O–H groups in total. The number of nitrogens with zero attached hydrogens (tertiary/aromatic N) is 2. The second-order valence-electron chi connectivity index (χ2n) is 11.0. The smallest absolute Gasteiger partial charge is 0.410 e. The van der Waals surface area contributed by atoms with Crippen LogP contribution in [0.5, 0.6) is 0 Å². The highest BCUT2D eigenvalue weighted by molar-refractivity contribution is 7.91. The summed E-state index contributed by atoms with van der Waals surface area (Å²) in [6, 6.07) is 8.53. The molecule has 2 spiro atoms. The summed E-state index contributed by atoms with van der Waals surface area (Å²) in [5.41, 5.74) is 2.98. The summed E-state index contributed by atoms with van der Waals surface area (Å²) >= 11 is -1.32. The fourth-order valence-corrected chi connectivity index (χ4v) is 5.90. The first-order valence-electron chi connectivity index (χ1n) is 11.0. The van der Waals surface area contributed by atoms with E-state index in [1.807, 2.05) is 46.4 Å². The zero-order valence-corrected chi connectivity index (χ0v) is 19.9. The van der Waals surface area contributed by atoms with E-state index in [0.717, 1.165) is 31.4 Å². The maximum Gasteiger partial charge on any atom is 0.410 e. The first-order valence-corrected chi connectivity index (χ1v) is 12.1. The Morgan fingerprint density at radius 1 is 1.03 bits per heavy atom. The summed E-state index contributed by atoms with van der Waals surface area (Å²) in [7, 11) is 0. The summed E-state index contributed by atoms with van der Waals surface area (Å²) in [4.78, 5) is 14.5. The van der Waals surface area contributed by atoms with Gasteiger partial charge in [0.05, 0.1) is 0 Å². The molecule has 1 heterocycles. The van der Waals surface area contributed by atoms with E-state index >= 15 is 0 Å². The van der Waals surface area contributed by atoms with E-state index in [0.29, 0.717) is 13.1 Å². The van der Waals surface area contributed by atoms with Crippen LogP contribution >= 0.6 is 0 Å². The minimum absolute atomic E-state index is 0.0878.